The summed E-state index contributed by atoms with van der Waals surface area (Å²) < 4.78 is 11.2. The number of benzene rings is 2. The number of hydrogen-bond donors (Lipinski definition) is 0. The maximum absolute atomic E-state index is 12.4. The molecule has 6 heteroatoms. The highest BCUT2D eigenvalue weighted by Gasteiger charge is 2.21. The Labute approximate surface area is 189 Å². The van der Waals surface area contributed by atoms with Crippen LogP contribution in [0.5, 0.6) is 11.5 Å². The molecule has 1 aliphatic heterocycles. The number of hydrogen-bond acceptors (Lipinski definition) is 6. The molecule has 0 N–H and O–H groups in total. The van der Waals surface area contributed by atoms with Crippen LogP contribution in [0.2, 0.25) is 0 Å². The summed E-state index contributed by atoms with van der Waals surface area (Å²) in [4.78, 5) is 17.4. The van der Waals surface area contributed by atoms with Gasteiger partial charge in [-0.25, -0.2) is 4.79 Å². The van der Waals surface area contributed by atoms with E-state index in [1.807, 2.05) is 6.07 Å². The number of rotatable bonds is 12. The third kappa shape index (κ3) is 7.12. The van der Waals surface area contributed by atoms with Crippen LogP contribution in [0, 0.1) is 11.3 Å². The van der Waals surface area contributed by atoms with Gasteiger partial charge in [-0.3, -0.25) is 0 Å². The number of nitrogens with zero attached hydrogens (tertiary/aromatic N) is 2. The molecule has 1 unspecified atom stereocenters. The van der Waals surface area contributed by atoms with Crippen LogP contribution in [-0.2, 0) is 4.84 Å². The second kappa shape index (κ2) is 12.5. The summed E-state index contributed by atoms with van der Waals surface area (Å²) in [6, 6.07) is 16.1. The van der Waals surface area contributed by atoms with E-state index >= 15 is 0 Å². The Morgan fingerprint density at radius 2 is 1.66 bits per heavy atom. The van der Waals surface area contributed by atoms with Crippen LogP contribution in [0.15, 0.2) is 53.7 Å². The van der Waals surface area contributed by atoms with Crippen LogP contribution in [0.4, 0.5) is 0 Å². The quantitative estimate of drug-likeness (QED) is 0.231. The molecule has 168 valence electrons. The molecule has 0 saturated heterocycles. The standard InChI is InChI=1S/C26H30N2O4/c1-2-3-4-5-6-7-8-17-30-22-13-11-21(12-14-22)26(29)31-23-15-9-20(10-16-23)25-18-24(19-27)32-28-25/h9-16,24H,2-8,17-18H2,1H3. The zero-order chi connectivity index (χ0) is 22.6. The van der Waals surface area contributed by atoms with Gasteiger partial charge in [-0.05, 0) is 60.5 Å². The van der Waals surface area contributed by atoms with E-state index in [-0.39, 0.29) is 0 Å². The maximum Gasteiger partial charge on any atom is 0.343 e. The summed E-state index contributed by atoms with van der Waals surface area (Å²) in [5.41, 5.74) is 2.01. The highest BCUT2D eigenvalue weighted by molar-refractivity contribution is 6.01. The number of nitriles is 1. The van der Waals surface area contributed by atoms with Crippen molar-refractivity contribution in [3.8, 4) is 17.6 Å². The fraction of sp³-hybridized carbons (Fsp3) is 0.423. The van der Waals surface area contributed by atoms with Crippen molar-refractivity contribution < 1.29 is 19.1 Å². The molecular formula is C26H30N2O4. The maximum atomic E-state index is 12.4. The van der Waals surface area contributed by atoms with E-state index in [0.29, 0.717) is 30.1 Å². The van der Waals surface area contributed by atoms with E-state index in [1.54, 1.807) is 48.5 Å². The van der Waals surface area contributed by atoms with Crippen LogP contribution < -0.4 is 9.47 Å². The Balaban J connectivity index is 1.40. The van der Waals surface area contributed by atoms with Gasteiger partial charge in [0.05, 0.1) is 17.9 Å². The largest absolute Gasteiger partial charge is 0.494 e. The highest BCUT2D eigenvalue weighted by atomic mass is 16.6. The number of carbonyl (C=O) groups is 1. The lowest BCUT2D eigenvalue weighted by molar-refractivity contribution is 0.0734. The summed E-state index contributed by atoms with van der Waals surface area (Å²) in [7, 11) is 0. The molecule has 1 aliphatic rings. The van der Waals surface area contributed by atoms with Gasteiger partial charge in [0.1, 0.15) is 17.6 Å². The van der Waals surface area contributed by atoms with Crippen molar-refractivity contribution in [3.63, 3.8) is 0 Å². The van der Waals surface area contributed by atoms with Gasteiger partial charge in [0, 0.05) is 6.42 Å². The van der Waals surface area contributed by atoms with Crippen molar-refractivity contribution in [2.75, 3.05) is 6.61 Å². The lowest BCUT2D eigenvalue weighted by atomic mass is 10.1. The van der Waals surface area contributed by atoms with Crippen LogP contribution >= 0.6 is 0 Å². The molecule has 0 saturated carbocycles. The van der Waals surface area contributed by atoms with Gasteiger partial charge in [0.15, 0.2) is 0 Å². The molecule has 2 aromatic carbocycles. The van der Waals surface area contributed by atoms with E-state index in [4.69, 9.17) is 19.6 Å². The van der Waals surface area contributed by atoms with Crippen LogP contribution in [0.3, 0.4) is 0 Å². The lowest BCUT2D eigenvalue weighted by Crippen LogP contribution is -2.09. The number of unbranched alkanes of at least 4 members (excludes halogenated alkanes) is 6. The first kappa shape index (κ1) is 23.3. The number of carbonyl (C=O) groups excluding carboxylic acids is 1. The minimum absolute atomic E-state index is 0.428. The van der Waals surface area contributed by atoms with E-state index in [9.17, 15) is 4.79 Å². The minimum Gasteiger partial charge on any atom is -0.494 e. The zero-order valence-electron chi connectivity index (χ0n) is 18.6. The molecule has 0 bridgehead atoms. The molecule has 0 fully saturated rings. The van der Waals surface area contributed by atoms with Crippen LogP contribution in [0.25, 0.3) is 0 Å². The predicted molar refractivity (Wildman–Crippen MR) is 123 cm³/mol. The van der Waals surface area contributed by atoms with Crippen molar-refractivity contribution >= 4 is 11.7 Å². The summed E-state index contributed by atoms with van der Waals surface area (Å²) in [5, 5.41) is 12.8. The Morgan fingerprint density at radius 1 is 1.00 bits per heavy atom. The smallest absolute Gasteiger partial charge is 0.343 e. The number of ether oxygens (including phenoxy) is 2. The molecule has 3 rings (SSSR count). The van der Waals surface area contributed by atoms with Gasteiger partial charge in [0.25, 0.3) is 0 Å². The number of esters is 1. The minimum atomic E-state index is -0.537. The van der Waals surface area contributed by atoms with Crippen molar-refractivity contribution in [3.05, 3.63) is 59.7 Å². The van der Waals surface area contributed by atoms with Crippen molar-refractivity contribution in [2.24, 2.45) is 5.16 Å². The van der Waals surface area contributed by atoms with Crippen molar-refractivity contribution in [2.45, 2.75) is 64.4 Å². The Morgan fingerprint density at radius 3 is 2.31 bits per heavy atom. The Kier molecular flexibility index (Phi) is 9.12. The molecule has 0 aliphatic carbocycles. The lowest BCUT2D eigenvalue weighted by Gasteiger charge is -2.08. The highest BCUT2D eigenvalue weighted by Crippen LogP contribution is 2.20. The van der Waals surface area contributed by atoms with Gasteiger partial charge >= 0.3 is 5.97 Å². The average molecular weight is 435 g/mol. The molecule has 2 aromatic rings. The Hall–Kier alpha value is -3.33. The first-order chi connectivity index (χ1) is 15.7. The second-order valence-electron chi connectivity index (χ2n) is 7.87. The molecule has 1 heterocycles. The first-order valence-electron chi connectivity index (χ1n) is 11.4. The zero-order valence-corrected chi connectivity index (χ0v) is 18.6. The molecular weight excluding hydrogens is 404 g/mol. The second-order valence-corrected chi connectivity index (χ2v) is 7.87. The van der Waals surface area contributed by atoms with E-state index in [0.717, 1.165) is 17.7 Å². The van der Waals surface area contributed by atoms with Gasteiger partial charge in [0.2, 0.25) is 6.10 Å². The molecule has 0 amide bonds. The summed E-state index contributed by atoms with van der Waals surface area (Å²) in [6.07, 6.45) is 8.63. The topological polar surface area (TPSA) is 80.9 Å². The normalized spacial score (nSPS) is 14.9. The third-order valence-corrected chi connectivity index (χ3v) is 5.32. The fourth-order valence-corrected chi connectivity index (χ4v) is 3.43. The van der Waals surface area contributed by atoms with Crippen molar-refractivity contribution in [1.82, 2.24) is 0 Å². The van der Waals surface area contributed by atoms with Gasteiger partial charge in [-0.15, -0.1) is 0 Å². The molecule has 1 atom stereocenters. The molecule has 32 heavy (non-hydrogen) atoms. The molecule has 0 aromatic heterocycles. The van der Waals surface area contributed by atoms with Gasteiger partial charge in [-0.2, -0.15) is 5.26 Å². The molecule has 6 nitrogen and oxygen atoms in total. The van der Waals surface area contributed by atoms with E-state index in [2.05, 4.69) is 12.1 Å². The SMILES string of the molecule is CCCCCCCCCOc1ccc(C(=O)Oc2ccc(C3=NOC(C#N)C3)cc2)cc1. The van der Waals surface area contributed by atoms with E-state index in [1.165, 1.54) is 38.5 Å². The Bertz CT molecular complexity index is 930. The third-order valence-electron chi connectivity index (χ3n) is 5.32. The van der Waals surface area contributed by atoms with Crippen molar-refractivity contribution in [1.29, 1.82) is 5.26 Å². The van der Waals surface area contributed by atoms with E-state index < -0.39 is 12.1 Å². The van der Waals surface area contributed by atoms with Gasteiger partial charge in [-0.1, -0.05) is 50.6 Å². The van der Waals surface area contributed by atoms with Crippen LogP contribution in [0.1, 0.15) is 74.2 Å². The predicted octanol–water partition coefficient (Wildman–Crippen LogP) is 6.05. The summed E-state index contributed by atoms with van der Waals surface area (Å²) in [6.45, 7) is 2.92. The fourth-order valence-electron chi connectivity index (χ4n) is 3.43. The molecule has 0 spiro atoms. The molecule has 0 radical (unpaired) electrons. The monoisotopic (exact) mass is 434 g/mol. The first-order valence-corrected chi connectivity index (χ1v) is 11.4. The average Bonchev–Trinajstić information content (AvgIpc) is 3.31. The summed E-state index contributed by atoms with van der Waals surface area (Å²) in [5.74, 6) is 0.768. The summed E-state index contributed by atoms with van der Waals surface area (Å²) >= 11 is 0. The van der Waals surface area contributed by atoms with Crippen LogP contribution in [-0.4, -0.2) is 24.4 Å². The number of oxime groups is 1. The van der Waals surface area contributed by atoms with Gasteiger partial charge < -0.3 is 14.3 Å².